The van der Waals surface area contributed by atoms with Gasteiger partial charge in [-0.15, -0.1) is 0 Å². The molecule has 0 aliphatic carbocycles. The van der Waals surface area contributed by atoms with E-state index >= 15 is 0 Å². The molecule has 0 amide bonds. The lowest BCUT2D eigenvalue weighted by molar-refractivity contribution is 0.0526. The first-order valence-corrected chi connectivity index (χ1v) is 8.65. The molecule has 1 rings (SSSR count). The van der Waals surface area contributed by atoms with Gasteiger partial charge in [0.05, 0.1) is 17.1 Å². The lowest BCUT2D eigenvalue weighted by Crippen LogP contribution is -2.18. The van der Waals surface area contributed by atoms with Crippen LogP contribution in [0.3, 0.4) is 0 Å². The predicted molar refractivity (Wildman–Crippen MR) is 79.1 cm³/mol. The van der Waals surface area contributed by atoms with Crippen molar-refractivity contribution in [3.63, 3.8) is 0 Å². The van der Waals surface area contributed by atoms with Gasteiger partial charge in [-0.05, 0) is 79.0 Å². The summed E-state index contributed by atoms with van der Waals surface area (Å²) in [6.45, 7) is 1.97. The van der Waals surface area contributed by atoms with E-state index < -0.39 is 17.3 Å². The third-order valence-corrected chi connectivity index (χ3v) is 7.32. The highest BCUT2D eigenvalue weighted by molar-refractivity contribution is 9.42. The summed E-state index contributed by atoms with van der Waals surface area (Å²) in [7, 11) is -3.63. The van der Waals surface area contributed by atoms with Crippen LogP contribution >= 0.6 is 47.8 Å². The number of carbonyl (C=O) groups excluding carboxylic acids is 1. The largest absolute Gasteiger partial charge is 0.462 e. The molecule has 0 N–H and O–H groups in total. The van der Waals surface area contributed by atoms with Crippen LogP contribution in [0.5, 0.6) is 0 Å². The third kappa shape index (κ3) is 3.55. The van der Waals surface area contributed by atoms with Gasteiger partial charge in [0.25, 0.3) is 0 Å². The normalized spacial score (nSPS) is 12.2. The molecular weight excluding hydrogens is 456 g/mol. The Kier molecular flexibility index (Phi) is 5.40. The minimum Gasteiger partial charge on any atom is -0.462 e. The Morgan fingerprint density at radius 3 is 2.11 bits per heavy atom. The van der Waals surface area contributed by atoms with Crippen LogP contribution in [0.4, 0.5) is 0 Å². The minimum absolute atomic E-state index is 0.0705. The van der Waals surface area contributed by atoms with E-state index in [-0.39, 0.29) is 11.5 Å². The van der Waals surface area contributed by atoms with E-state index in [9.17, 15) is 13.2 Å². The summed E-state index contributed by atoms with van der Waals surface area (Å²) in [6, 6.07) is 5.51. The minimum atomic E-state index is -3.63. The van der Waals surface area contributed by atoms with Crippen LogP contribution in [-0.2, 0) is 14.6 Å². The Bertz CT molecular complexity index is 531. The summed E-state index contributed by atoms with van der Waals surface area (Å²) in [4.78, 5) is 11.5. The van der Waals surface area contributed by atoms with Gasteiger partial charge >= 0.3 is 5.97 Å². The van der Waals surface area contributed by atoms with Gasteiger partial charge in [-0.2, -0.15) is 0 Å². The number of hydrogen-bond donors (Lipinski definition) is 0. The van der Waals surface area contributed by atoms with Gasteiger partial charge in [-0.1, -0.05) is 0 Å². The third-order valence-electron chi connectivity index (χ3n) is 1.98. The second-order valence-electron chi connectivity index (χ2n) is 3.19. The van der Waals surface area contributed by atoms with Crippen molar-refractivity contribution in [2.45, 2.75) is 13.3 Å². The van der Waals surface area contributed by atoms with E-state index in [4.69, 9.17) is 4.74 Å². The Balaban J connectivity index is 3.08. The predicted octanol–water partition coefficient (Wildman–Crippen LogP) is 3.43. The molecular formula is C10H9Br3O4S. The smallest absolute Gasteiger partial charge is 0.338 e. The molecule has 0 radical (unpaired) electrons. The summed E-state index contributed by atoms with van der Waals surface area (Å²) in [6.07, 6.45) is 0. The van der Waals surface area contributed by atoms with Gasteiger partial charge < -0.3 is 4.74 Å². The van der Waals surface area contributed by atoms with E-state index in [1.807, 2.05) is 0 Å². The average molecular weight is 465 g/mol. The second-order valence-corrected chi connectivity index (χ2v) is 13.6. The number of esters is 1. The maximum atomic E-state index is 12.0. The Morgan fingerprint density at radius 1 is 1.22 bits per heavy atom. The number of benzene rings is 1. The molecule has 0 bridgehead atoms. The molecule has 0 aromatic heterocycles. The number of rotatable bonds is 3. The molecule has 0 spiro atoms. The zero-order chi connectivity index (χ0) is 14.0. The van der Waals surface area contributed by atoms with Crippen molar-refractivity contribution in [2.75, 3.05) is 6.61 Å². The molecule has 0 saturated carbocycles. The zero-order valence-corrected chi connectivity index (χ0v) is 14.8. The summed E-state index contributed by atoms with van der Waals surface area (Å²) in [5.74, 6) is -0.482. The molecule has 0 unspecified atom stereocenters. The van der Waals surface area contributed by atoms with Crippen molar-refractivity contribution in [2.24, 2.45) is 0 Å². The molecule has 100 valence electrons. The number of alkyl halides is 3. The highest BCUT2D eigenvalue weighted by Gasteiger charge is 2.37. The zero-order valence-electron chi connectivity index (χ0n) is 9.19. The monoisotopic (exact) mass is 462 g/mol. The molecule has 18 heavy (non-hydrogen) atoms. The molecule has 0 aliphatic rings. The summed E-state index contributed by atoms with van der Waals surface area (Å²) in [5, 5.41) is 0. The molecule has 0 atom stereocenters. The van der Waals surface area contributed by atoms with E-state index in [1.54, 1.807) is 6.92 Å². The van der Waals surface area contributed by atoms with Crippen LogP contribution < -0.4 is 0 Å². The number of ether oxygens (including phenoxy) is 1. The number of halogens is 3. The molecule has 1 aromatic rings. The summed E-state index contributed by atoms with van der Waals surface area (Å²) >= 11 is 8.89. The van der Waals surface area contributed by atoms with Crippen molar-refractivity contribution >= 4 is 63.6 Å². The SMILES string of the molecule is CCOC(=O)c1ccc(S(=O)(=O)C(Br)(Br)Br)cc1. The van der Waals surface area contributed by atoms with Crippen LogP contribution in [0, 0.1) is 0 Å². The van der Waals surface area contributed by atoms with Gasteiger partial charge in [-0.3, -0.25) is 0 Å². The van der Waals surface area contributed by atoms with Crippen molar-refractivity contribution in [1.82, 2.24) is 0 Å². The Hall–Kier alpha value is 0.0800. The number of sulfone groups is 1. The van der Waals surface area contributed by atoms with E-state index in [2.05, 4.69) is 47.8 Å². The highest BCUT2D eigenvalue weighted by Crippen LogP contribution is 2.43. The fraction of sp³-hybridized carbons (Fsp3) is 0.300. The first-order valence-electron chi connectivity index (χ1n) is 4.78. The van der Waals surface area contributed by atoms with Crippen molar-refractivity contribution in [1.29, 1.82) is 0 Å². The summed E-state index contributed by atoms with van der Waals surface area (Å²) < 4.78 is 27.4. The standard InChI is InChI=1S/C10H9Br3O4S/c1-2-17-9(14)7-3-5-8(6-4-7)18(15,16)10(11,12)13/h3-6H,2H2,1H3. The Morgan fingerprint density at radius 2 is 1.72 bits per heavy atom. The second kappa shape index (κ2) is 6.02. The quantitative estimate of drug-likeness (QED) is 0.508. The lowest BCUT2D eigenvalue weighted by Gasteiger charge is -2.13. The van der Waals surface area contributed by atoms with E-state index in [0.29, 0.717) is 5.56 Å². The molecule has 1 aromatic carbocycles. The molecule has 8 heteroatoms. The molecule has 4 nitrogen and oxygen atoms in total. The van der Waals surface area contributed by atoms with E-state index in [0.717, 1.165) is 0 Å². The summed E-state index contributed by atoms with van der Waals surface area (Å²) in [5.41, 5.74) is 0.306. The van der Waals surface area contributed by atoms with Gasteiger partial charge in [0, 0.05) is 0 Å². The van der Waals surface area contributed by atoms with Crippen LogP contribution in [-0.4, -0.2) is 22.5 Å². The molecule has 0 saturated heterocycles. The van der Waals surface area contributed by atoms with Crippen LogP contribution in [0.25, 0.3) is 0 Å². The topological polar surface area (TPSA) is 60.4 Å². The van der Waals surface area contributed by atoms with Crippen molar-refractivity contribution in [3.05, 3.63) is 29.8 Å². The molecule has 0 aliphatic heterocycles. The van der Waals surface area contributed by atoms with Crippen LogP contribution in [0.1, 0.15) is 17.3 Å². The maximum absolute atomic E-state index is 12.0. The maximum Gasteiger partial charge on any atom is 0.338 e. The van der Waals surface area contributed by atoms with Gasteiger partial charge in [0.1, 0.15) is 0 Å². The Labute approximate surface area is 130 Å². The molecule has 0 fully saturated rings. The van der Waals surface area contributed by atoms with E-state index in [1.165, 1.54) is 24.3 Å². The van der Waals surface area contributed by atoms with Gasteiger partial charge in [0.2, 0.25) is 11.3 Å². The fourth-order valence-corrected chi connectivity index (χ4v) is 3.56. The van der Waals surface area contributed by atoms with Crippen molar-refractivity contribution in [3.8, 4) is 0 Å². The first kappa shape index (κ1) is 16.1. The van der Waals surface area contributed by atoms with Gasteiger partial charge in [0.15, 0.2) is 0 Å². The molecule has 0 heterocycles. The number of carbonyl (C=O) groups is 1. The van der Waals surface area contributed by atoms with Crippen LogP contribution in [0.15, 0.2) is 29.2 Å². The average Bonchev–Trinajstić information content (AvgIpc) is 2.28. The fourth-order valence-electron chi connectivity index (χ4n) is 1.12. The van der Waals surface area contributed by atoms with Crippen LogP contribution in [0.2, 0.25) is 0 Å². The lowest BCUT2D eigenvalue weighted by atomic mass is 10.2. The van der Waals surface area contributed by atoms with Crippen molar-refractivity contribution < 1.29 is 17.9 Å². The van der Waals surface area contributed by atoms with Gasteiger partial charge in [-0.25, -0.2) is 13.2 Å². The number of hydrogen-bond acceptors (Lipinski definition) is 4. The highest BCUT2D eigenvalue weighted by atomic mass is 80.0. The first-order chi connectivity index (χ1) is 8.20.